The summed E-state index contributed by atoms with van der Waals surface area (Å²) < 4.78 is 0. The Morgan fingerprint density at radius 1 is 1.56 bits per heavy atom. The molecule has 1 saturated heterocycles. The molecule has 0 saturated carbocycles. The van der Waals surface area contributed by atoms with E-state index in [1.54, 1.807) is 24.0 Å². The summed E-state index contributed by atoms with van der Waals surface area (Å²) in [5, 5.41) is 8.95. The monoisotopic (exact) mass is 243 g/mol. The number of aromatic carboxylic acids is 1. The Hall–Kier alpha value is -2.28. The van der Waals surface area contributed by atoms with Gasteiger partial charge in [0.15, 0.2) is 0 Å². The molecule has 1 N–H and O–H groups in total. The second-order valence-corrected chi connectivity index (χ2v) is 4.38. The van der Waals surface area contributed by atoms with E-state index in [1.165, 1.54) is 6.07 Å². The van der Waals surface area contributed by atoms with Crippen LogP contribution in [0.3, 0.4) is 0 Å². The van der Waals surface area contributed by atoms with Crippen LogP contribution in [0.2, 0.25) is 0 Å². The zero-order valence-electron chi connectivity index (χ0n) is 10.0. The lowest BCUT2D eigenvalue weighted by molar-refractivity contribution is -0.117. The molecule has 0 bridgehead atoms. The summed E-state index contributed by atoms with van der Waals surface area (Å²) in [7, 11) is 0. The van der Waals surface area contributed by atoms with Crippen LogP contribution < -0.4 is 4.90 Å². The standard InChI is InChI=1S/C14H13NO3/c1-3-10-7-13(16)15(8-10)11-4-5-12(14(17)18)9(2)6-11/h1,4-6,10H,7-8H2,2H3,(H,17,18). The minimum Gasteiger partial charge on any atom is -0.478 e. The van der Waals surface area contributed by atoms with Gasteiger partial charge in [0.2, 0.25) is 5.91 Å². The summed E-state index contributed by atoms with van der Waals surface area (Å²) in [5.74, 6) is 1.55. The fourth-order valence-electron chi connectivity index (χ4n) is 2.12. The molecule has 1 aliphatic rings. The van der Waals surface area contributed by atoms with Crippen LogP contribution in [0.25, 0.3) is 0 Å². The van der Waals surface area contributed by atoms with Crippen LogP contribution in [-0.2, 0) is 4.79 Å². The minimum absolute atomic E-state index is 0.0135. The molecule has 1 aromatic carbocycles. The Labute approximate surface area is 105 Å². The van der Waals surface area contributed by atoms with Crippen molar-refractivity contribution in [2.45, 2.75) is 13.3 Å². The van der Waals surface area contributed by atoms with Crippen LogP contribution in [0.4, 0.5) is 5.69 Å². The third-order valence-corrected chi connectivity index (χ3v) is 3.11. The number of terminal acetylenes is 1. The van der Waals surface area contributed by atoms with Gasteiger partial charge in [-0.1, -0.05) is 0 Å². The van der Waals surface area contributed by atoms with Crippen molar-refractivity contribution >= 4 is 17.6 Å². The maximum atomic E-state index is 11.8. The first-order valence-electron chi connectivity index (χ1n) is 5.63. The van der Waals surface area contributed by atoms with Gasteiger partial charge >= 0.3 is 5.97 Å². The number of carboxylic acids is 1. The van der Waals surface area contributed by atoms with Gasteiger partial charge in [0.05, 0.1) is 5.56 Å². The third kappa shape index (κ3) is 2.07. The summed E-state index contributed by atoms with van der Waals surface area (Å²) in [6.45, 7) is 2.22. The number of carboxylic acid groups (broad SMARTS) is 1. The van der Waals surface area contributed by atoms with Crippen molar-refractivity contribution in [3.8, 4) is 12.3 Å². The van der Waals surface area contributed by atoms with Crippen LogP contribution in [0.1, 0.15) is 22.3 Å². The molecule has 1 aliphatic heterocycles. The van der Waals surface area contributed by atoms with Gasteiger partial charge in [-0.2, -0.15) is 0 Å². The van der Waals surface area contributed by atoms with Crippen molar-refractivity contribution in [3.63, 3.8) is 0 Å². The van der Waals surface area contributed by atoms with Gasteiger partial charge in [0, 0.05) is 24.6 Å². The Morgan fingerprint density at radius 2 is 2.28 bits per heavy atom. The third-order valence-electron chi connectivity index (χ3n) is 3.11. The number of aryl methyl sites for hydroxylation is 1. The number of hydrogen-bond acceptors (Lipinski definition) is 2. The number of anilines is 1. The van der Waals surface area contributed by atoms with Crippen molar-refractivity contribution in [3.05, 3.63) is 29.3 Å². The van der Waals surface area contributed by atoms with Crippen LogP contribution in [0.5, 0.6) is 0 Å². The van der Waals surface area contributed by atoms with Crippen LogP contribution >= 0.6 is 0 Å². The molecule has 1 amide bonds. The second-order valence-electron chi connectivity index (χ2n) is 4.38. The summed E-state index contributed by atoms with van der Waals surface area (Å²) in [6.07, 6.45) is 5.68. The Kier molecular flexibility index (Phi) is 3.07. The smallest absolute Gasteiger partial charge is 0.335 e. The second kappa shape index (κ2) is 4.53. The number of nitrogens with zero attached hydrogens (tertiary/aromatic N) is 1. The molecule has 1 aromatic rings. The molecular weight excluding hydrogens is 230 g/mol. The molecule has 0 aliphatic carbocycles. The summed E-state index contributed by atoms with van der Waals surface area (Å²) in [5.41, 5.74) is 1.59. The van der Waals surface area contributed by atoms with Gasteiger partial charge in [-0.15, -0.1) is 12.3 Å². The molecule has 0 radical (unpaired) electrons. The van der Waals surface area contributed by atoms with Gasteiger partial charge < -0.3 is 10.0 Å². The van der Waals surface area contributed by atoms with Crippen molar-refractivity contribution in [1.29, 1.82) is 0 Å². The topological polar surface area (TPSA) is 57.6 Å². The van der Waals surface area contributed by atoms with E-state index < -0.39 is 5.97 Å². The highest BCUT2D eigenvalue weighted by atomic mass is 16.4. The maximum absolute atomic E-state index is 11.8. The van der Waals surface area contributed by atoms with Crippen LogP contribution in [-0.4, -0.2) is 23.5 Å². The fraction of sp³-hybridized carbons (Fsp3) is 0.286. The van der Waals surface area contributed by atoms with E-state index in [-0.39, 0.29) is 17.4 Å². The first-order valence-corrected chi connectivity index (χ1v) is 5.63. The van der Waals surface area contributed by atoms with Gasteiger partial charge in [-0.05, 0) is 30.7 Å². The van der Waals surface area contributed by atoms with E-state index in [4.69, 9.17) is 11.5 Å². The first-order chi connectivity index (χ1) is 8.52. The highest BCUT2D eigenvalue weighted by Crippen LogP contribution is 2.26. The number of hydrogen-bond donors (Lipinski definition) is 1. The van der Waals surface area contributed by atoms with E-state index >= 15 is 0 Å². The zero-order valence-corrected chi connectivity index (χ0v) is 10.0. The molecule has 1 atom stereocenters. The van der Waals surface area contributed by atoms with Crippen molar-refractivity contribution in [1.82, 2.24) is 0 Å². The molecule has 2 rings (SSSR count). The molecule has 1 fully saturated rings. The Morgan fingerprint density at radius 3 is 2.78 bits per heavy atom. The number of rotatable bonds is 2. The number of benzene rings is 1. The average Bonchev–Trinajstić information content (AvgIpc) is 2.70. The molecule has 92 valence electrons. The predicted molar refractivity (Wildman–Crippen MR) is 67.4 cm³/mol. The van der Waals surface area contributed by atoms with Gasteiger partial charge in [0.25, 0.3) is 0 Å². The van der Waals surface area contributed by atoms with Crippen LogP contribution in [0.15, 0.2) is 18.2 Å². The van der Waals surface area contributed by atoms with E-state index in [2.05, 4.69) is 5.92 Å². The van der Waals surface area contributed by atoms with E-state index in [1.807, 2.05) is 0 Å². The molecular formula is C14H13NO3. The maximum Gasteiger partial charge on any atom is 0.335 e. The van der Waals surface area contributed by atoms with Crippen molar-refractivity contribution < 1.29 is 14.7 Å². The molecule has 0 aromatic heterocycles. The van der Waals surface area contributed by atoms with E-state index in [0.717, 1.165) is 0 Å². The fourth-order valence-corrected chi connectivity index (χ4v) is 2.12. The lowest BCUT2D eigenvalue weighted by Crippen LogP contribution is -2.24. The molecule has 4 nitrogen and oxygen atoms in total. The SMILES string of the molecule is C#CC1CC(=O)N(c2ccc(C(=O)O)c(C)c2)C1. The quantitative estimate of drug-likeness (QED) is 0.804. The highest BCUT2D eigenvalue weighted by Gasteiger charge is 2.29. The molecule has 0 spiro atoms. The normalized spacial score (nSPS) is 18.8. The lowest BCUT2D eigenvalue weighted by Gasteiger charge is -2.17. The average molecular weight is 243 g/mol. The number of carbonyl (C=O) groups is 2. The predicted octanol–water partition coefficient (Wildman–Crippen LogP) is 1.68. The summed E-state index contributed by atoms with van der Waals surface area (Å²) in [6, 6.07) is 4.87. The lowest BCUT2D eigenvalue weighted by atomic mass is 10.1. The van der Waals surface area contributed by atoms with E-state index in [0.29, 0.717) is 24.2 Å². The first kappa shape index (κ1) is 12.2. The molecule has 18 heavy (non-hydrogen) atoms. The summed E-state index contributed by atoms with van der Waals surface area (Å²) in [4.78, 5) is 24.3. The van der Waals surface area contributed by atoms with Gasteiger partial charge in [-0.3, -0.25) is 4.79 Å². The summed E-state index contributed by atoms with van der Waals surface area (Å²) >= 11 is 0. The van der Waals surface area contributed by atoms with Crippen molar-refractivity contribution in [2.75, 3.05) is 11.4 Å². The molecule has 1 heterocycles. The zero-order chi connectivity index (χ0) is 13.3. The minimum atomic E-state index is -0.965. The Balaban J connectivity index is 2.31. The Bertz CT molecular complexity index is 557. The molecule has 4 heteroatoms. The van der Waals surface area contributed by atoms with Crippen molar-refractivity contribution in [2.24, 2.45) is 5.92 Å². The van der Waals surface area contributed by atoms with Crippen LogP contribution in [0, 0.1) is 25.2 Å². The number of amides is 1. The molecule has 1 unspecified atom stereocenters. The number of carbonyl (C=O) groups excluding carboxylic acids is 1. The highest BCUT2D eigenvalue weighted by molar-refractivity contribution is 5.97. The van der Waals surface area contributed by atoms with Gasteiger partial charge in [-0.25, -0.2) is 4.79 Å². The van der Waals surface area contributed by atoms with E-state index in [9.17, 15) is 9.59 Å². The largest absolute Gasteiger partial charge is 0.478 e. The van der Waals surface area contributed by atoms with Gasteiger partial charge in [0.1, 0.15) is 0 Å².